The Morgan fingerprint density at radius 2 is 1.85 bits per heavy atom. The third-order valence-corrected chi connectivity index (χ3v) is 7.80. The van der Waals surface area contributed by atoms with Crippen molar-refractivity contribution in [1.29, 1.82) is 0 Å². The van der Waals surface area contributed by atoms with Gasteiger partial charge in [-0.25, -0.2) is 0 Å². The Morgan fingerprint density at radius 1 is 1.12 bits per heavy atom. The van der Waals surface area contributed by atoms with Crippen LogP contribution in [0.4, 0.5) is 0 Å². The number of rotatable bonds is 5. The highest BCUT2D eigenvalue weighted by molar-refractivity contribution is 6.11. The molecule has 2 bridgehead atoms. The van der Waals surface area contributed by atoms with Crippen LogP contribution in [0.1, 0.15) is 86.8 Å². The maximum absolute atomic E-state index is 13.6. The van der Waals surface area contributed by atoms with E-state index in [0.717, 1.165) is 41.7 Å². The molecule has 1 fully saturated rings. The molecule has 4 nitrogen and oxygen atoms in total. The van der Waals surface area contributed by atoms with E-state index in [4.69, 9.17) is 9.47 Å². The SMILES string of the molecule is CC(C)=CCc1c(O)c(C(=O)C=Cc2ccccc2)c2c3c1OC1(C)CCC(C3C1)C(C)(C)O2. The van der Waals surface area contributed by atoms with Gasteiger partial charge in [0.25, 0.3) is 0 Å². The molecule has 2 aromatic carbocycles. The van der Waals surface area contributed by atoms with Gasteiger partial charge in [0.05, 0.1) is 0 Å². The highest BCUT2D eigenvalue weighted by Gasteiger charge is 2.55. The summed E-state index contributed by atoms with van der Waals surface area (Å²) in [5.74, 6) is 1.55. The number of allylic oxidation sites excluding steroid dienone is 3. The second-order valence-corrected chi connectivity index (χ2v) is 11.1. The van der Waals surface area contributed by atoms with Crippen molar-refractivity contribution in [2.45, 2.75) is 77.4 Å². The summed E-state index contributed by atoms with van der Waals surface area (Å²) in [7, 11) is 0. The molecule has 3 atom stereocenters. The minimum absolute atomic E-state index is 0.0215. The number of carbonyl (C=O) groups is 1. The van der Waals surface area contributed by atoms with Crippen molar-refractivity contribution in [1.82, 2.24) is 0 Å². The zero-order chi connectivity index (χ0) is 24.3. The van der Waals surface area contributed by atoms with E-state index >= 15 is 0 Å². The minimum Gasteiger partial charge on any atom is -0.507 e. The van der Waals surface area contributed by atoms with Gasteiger partial charge in [0.15, 0.2) is 5.78 Å². The Labute approximate surface area is 202 Å². The van der Waals surface area contributed by atoms with Gasteiger partial charge in [0.2, 0.25) is 0 Å². The molecule has 0 saturated heterocycles. The first-order valence-corrected chi connectivity index (χ1v) is 12.3. The van der Waals surface area contributed by atoms with Crippen LogP contribution in [-0.2, 0) is 6.42 Å². The first-order chi connectivity index (χ1) is 16.1. The predicted octanol–water partition coefficient (Wildman–Crippen LogP) is 7.00. The lowest BCUT2D eigenvalue weighted by Crippen LogP contribution is -2.54. The Balaban J connectivity index is 1.72. The van der Waals surface area contributed by atoms with E-state index in [0.29, 0.717) is 23.7 Å². The number of carbonyl (C=O) groups excluding carboxylic acids is 1. The molecule has 5 rings (SSSR count). The van der Waals surface area contributed by atoms with Crippen molar-refractivity contribution in [3.8, 4) is 17.2 Å². The molecular formula is C30H34O4. The second-order valence-electron chi connectivity index (χ2n) is 11.1. The standard InChI is InChI=1S/C30H34O4/c1-18(2)11-13-20-26(32)25(23(31)14-12-19-9-7-6-8-10-19)28-24-21-17-30(5,34-27(20)24)16-15-22(21)29(3,4)33-28/h6-12,14,21-22,32H,13,15-17H2,1-5H3. The van der Waals surface area contributed by atoms with Crippen LogP contribution in [0.25, 0.3) is 6.08 Å². The van der Waals surface area contributed by atoms with Crippen molar-refractivity contribution in [3.63, 3.8) is 0 Å². The topological polar surface area (TPSA) is 55.8 Å². The van der Waals surface area contributed by atoms with Crippen LogP contribution in [-0.4, -0.2) is 22.1 Å². The average molecular weight is 459 g/mol. The highest BCUT2D eigenvalue weighted by atomic mass is 16.5. The van der Waals surface area contributed by atoms with E-state index in [1.165, 1.54) is 6.08 Å². The summed E-state index contributed by atoms with van der Waals surface area (Å²) < 4.78 is 13.2. The Hall–Kier alpha value is -3.01. The summed E-state index contributed by atoms with van der Waals surface area (Å²) in [5.41, 5.74) is 3.32. The first kappa shape index (κ1) is 22.8. The second kappa shape index (κ2) is 8.04. The number of benzene rings is 2. The van der Waals surface area contributed by atoms with E-state index in [1.807, 2.05) is 44.2 Å². The maximum Gasteiger partial charge on any atom is 0.193 e. The molecule has 1 aliphatic carbocycles. The number of ketones is 1. The van der Waals surface area contributed by atoms with Crippen LogP contribution in [0.2, 0.25) is 0 Å². The first-order valence-electron chi connectivity index (χ1n) is 12.3. The van der Waals surface area contributed by atoms with E-state index in [-0.39, 0.29) is 28.6 Å². The molecule has 0 spiro atoms. The third-order valence-electron chi connectivity index (χ3n) is 7.80. The van der Waals surface area contributed by atoms with Crippen molar-refractivity contribution >= 4 is 11.9 Å². The van der Waals surface area contributed by atoms with Gasteiger partial charge < -0.3 is 14.6 Å². The van der Waals surface area contributed by atoms with Crippen molar-refractivity contribution in [3.05, 3.63) is 70.3 Å². The minimum atomic E-state index is -0.431. The molecule has 1 N–H and O–H groups in total. The number of hydrogen-bond acceptors (Lipinski definition) is 4. The summed E-state index contributed by atoms with van der Waals surface area (Å²) >= 11 is 0. The highest BCUT2D eigenvalue weighted by Crippen LogP contribution is 2.63. The molecule has 2 heterocycles. The van der Waals surface area contributed by atoms with E-state index in [1.54, 1.807) is 6.08 Å². The van der Waals surface area contributed by atoms with Crippen molar-refractivity contribution in [2.75, 3.05) is 0 Å². The molecule has 1 saturated carbocycles. The lowest BCUT2D eigenvalue weighted by Gasteiger charge is -2.55. The lowest BCUT2D eigenvalue weighted by atomic mass is 9.61. The maximum atomic E-state index is 13.6. The lowest BCUT2D eigenvalue weighted by molar-refractivity contribution is -0.0735. The number of aromatic hydroxyl groups is 1. The van der Waals surface area contributed by atoms with Crippen LogP contribution in [0, 0.1) is 5.92 Å². The van der Waals surface area contributed by atoms with Gasteiger partial charge in [-0.2, -0.15) is 0 Å². The fourth-order valence-electron chi connectivity index (χ4n) is 6.05. The Bertz CT molecular complexity index is 1200. The monoisotopic (exact) mass is 458 g/mol. The average Bonchev–Trinajstić information content (AvgIpc) is 2.76. The number of phenolic OH excluding ortho intramolecular Hbond substituents is 1. The summed E-state index contributed by atoms with van der Waals surface area (Å²) in [6.45, 7) is 10.5. The van der Waals surface area contributed by atoms with Crippen LogP contribution in [0.15, 0.2) is 48.1 Å². The molecule has 3 unspecified atom stereocenters. The predicted molar refractivity (Wildman–Crippen MR) is 135 cm³/mol. The molecule has 178 valence electrons. The smallest absolute Gasteiger partial charge is 0.193 e. The molecule has 34 heavy (non-hydrogen) atoms. The Morgan fingerprint density at radius 3 is 2.56 bits per heavy atom. The summed E-state index contributed by atoms with van der Waals surface area (Å²) in [6, 6.07) is 9.71. The Kier molecular flexibility index (Phi) is 5.38. The number of hydrogen-bond donors (Lipinski definition) is 1. The fraction of sp³-hybridized carbons (Fsp3) is 0.433. The summed E-state index contributed by atoms with van der Waals surface area (Å²) in [6.07, 6.45) is 8.80. The zero-order valence-electron chi connectivity index (χ0n) is 20.8. The van der Waals surface area contributed by atoms with Crippen molar-refractivity contribution in [2.24, 2.45) is 5.92 Å². The molecule has 2 aliphatic heterocycles. The van der Waals surface area contributed by atoms with E-state index in [2.05, 4.69) is 26.8 Å². The molecular weight excluding hydrogens is 424 g/mol. The number of phenols is 1. The summed E-state index contributed by atoms with van der Waals surface area (Å²) in [5, 5.41) is 11.5. The van der Waals surface area contributed by atoms with Crippen molar-refractivity contribution < 1.29 is 19.4 Å². The molecule has 0 amide bonds. The molecule has 3 aliphatic rings. The molecule has 2 aromatic rings. The number of ether oxygens (including phenoxy) is 2. The quantitative estimate of drug-likeness (QED) is 0.298. The van der Waals surface area contributed by atoms with Gasteiger partial charge in [-0.05, 0) is 71.9 Å². The van der Waals surface area contributed by atoms with Gasteiger partial charge >= 0.3 is 0 Å². The molecule has 0 radical (unpaired) electrons. The van der Waals surface area contributed by atoms with Gasteiger partial charge in [-0.15, -0.1) is 0 Å². The molecule has 0 aromatic heterocycles. The van der Waals surface area contributed by atoms with Crippen LogP contribution >= 0.6 is 0 Å². The van der Waals surface area contributed by atoms with Gasteiger partial charge in [-0.1, -0.05) is 48.1 Å². The normalized spacial score (nSPS) is 25.9. The summed E-state index contributed by atoms with van der Waals surface area (Å²) in [4.78, 5) is 13.6. The van der Waals surface area contributed by atoms with Gasteiger partial charge in [0.1, 0.15) is 34.0 Å². The number of fused-ring (bicyclic) bond motifs is 1. The fourth-order valence-corrected chi connectivity index (χ4v) is 6.05. The van der Waals surface area contributed by atoms with Crippen LogP contribution < -0.4 is 9.47 Å². The van der Waals surface area contributed by atoms with Crippen LogP contribution in [0.5, 0.6) is 17.2 Å². The van der Waals surface area contributed by atoms with Gasteiger partial charge in [-0.3, -0.25) is 4.79 Å². The zero-order valence-corrected chi connectivity index (χ0v) is 20.8. The largest absolute Gasteiger partial charge is 0.507 e. The van der Waals surface area contributed by atoms with Gasteiger partial charge in [0, 0.05) is 23.0 Å². The van der Waals surface area contributed by atoms with E-state index in [9.17, 15) is 9.90 Å². The molecule has 4 heteroatoms. The van der Waals surface area contributed by atoms with Crippen LogP contribution in [0.3, 0.4) is 0 Å². The van der Waals surface area contributed by atoms with E-state index < -0.39 is 5.60 Å². The third kappa shape index (κ3) is 3.73.